The van der Waals surface area contributed by atoms with Crippen LogP contribution in [-0.4, -0.2) is 12.6 Å². The lowest BCUT2D eigenvalue weighted by Crippen LogP contribution is -2.29. The molecule has 15 heavy (non-hydrogen) atoms. The second-order valence-corrected chi connectivity index (χ2v) is 4.04. The monoisotopic (exact) mass is 241 g/mol. The summed E-state index contributed by atoms with van der Waals surface area (Å²) in [7, 11) is 0. The maximum Gasteiger partial charge on any atom is 0.0727 e. The number of rotatable bonds is 4. The zero-order chi connectivity index (χ0) is 11.3. The van der Waals surface area contributed by atoms with Crippen molar-refractivity contribution < 1.29 is 0 Å². The zero-order valence-electron chi connectivity index (χ0n) is 8.56. The van der Waals surface area contributed by atoms with Crippen molar-refractivity contribution in [3.8, 4) is 12.3 Å². The molecule has 0 saturated carbocycles. The molecule has 1 N–H and O–H groups in total. The lowest BCUT2D eigenvalue weighted by atomic mass is 10.1. The minimum absolute atomic E-state index is 0.0484. The Balaban J connectivity index is 2.72. The van der Waals surface area contributed by atoms with Gasteiger partial charge in [-0.2, -0.15) is 0 Å². The number of hydrogen-bond donors (Lipinski definition) is 1. The molecule has 0 aliphatic carbocycles. The van der Waals surface area contributed by atoms with Crippen molar-refractivity contribution in [2.75, 3.05) is 6.54 Å². The van der Waals surface area contributed by atoms with Gasteiger partial charge in [-0.15, -0.1) is 6.42 Å². The quantitative estimate of drug-likeness (QED) is 0.800. The summed E-state index contributed by atoms with van der Waals surface area (Å²) in [6.45, 7) is 2.88. The Bertz CT molecular complexity index is 368. The van der Waals surface area contributed by atoms with Gasteiger partial charge in [0.1, 0.15) is 0 Å². The lowest BCUT2D eigenvalue weighted by Gasteiger charge is -2.11. The lowest BCUT2D eigenvalue weighted by molar-refractivity contribution is 0.628. The topological polar surface area (TPSA) is 12.0 Å². The maximum atomic E-state index is 5.91. The van der Waals surface area contributed by atoms with Gasteiger partial charge in [-0.05, 0) is 30.7 Å². The predicted octanol–water partition coefficient (Wildman–Crippen LogP) is 3.15. The summed E-state index contributed by atoms with van der Waals surface area (Å²) < 4.78 is 0. The first kappa shape index (κ1) is 12.4. The molecule has 0 saturated heterocycles. The number of halogens is 2. The van der Waals surface area contributed by atoms with Gasteiger partial charge in [0.15, 0.2) is 0 Å². The fraction of sp³-hybridized carbons (Fsp3) is 0.333. The Morgan fingerprint density at radius 2 is 2.13 bits per heavy atom. The van der Waals surface area contributed by atoms with E-state index in [4.69, 9.17) is 29.6 Å². The van der Waals surface area contributed by atoms with Crippen LogP contribution >= 0.6 is 23.2 Å². The molecule has 0 bridgehead atoms. The van der Waals surface area contributed by atoms with Crippen molar-refractivity contribution in [1.82, 2.24) is 5.32 Å². The average Bonchev–Trinajstić information content (AvgIpc) is 2.23. The van der Waals surface area contributed by atoms with Crippen LogP contribution in [0, 0.1) is 12.3 Å². The second-order valence-electron chi connectivity index (χ2n) is 3.23. The van der Waals surface area contributed by atoms with E-state index < -0.39 is 0 Å². The Labute approximate surface area is 101 Å². The van der Waals surface area contributed by atoms with Gasteiger partial charge < -0.3 is 5.32 Å². The fourth-order valence-corrected chi connectivity index (χ4v) is 1.66. The van der Waals surface area contributed by atoms with Crippen LogP contribution in [0.2, 0.25) is 10.0 Å². The molecule has 1 aromatic rings. The molecule has 0 spiro atoms. The van der Waals surface area contributed by atoms with E-state index in [1.165, 1.54) is 0 Å². The van der Waals surface area contributed by atoms with Crippen LogP contribution in [0.25, 0.3) is 0 Å². The van der Waals surface area contributed by atoms with Crippen LogP contribution in [0.15, 0.2) is 18.2 Å². The van der Waals surface area contributed by atoms with Gasteiger partial charge in [0, 0.05) is 0 Å². The molecular weight excluding hydrogens is 229 g/mol. The van der Waals surface area contributed by atoms with Crippen LogP contribution in [-0.2, 0) is 6.42 Å². The summed E-state index contributed by atoms with van der Waals surface area (Å²) in [6, 6.07) is 5.63. The first-order valence-electron chi connectivity index (χ1n) is 4.80. The minimum atomic E-state index is 0.0484. The van der Waals surface area contributed by atoms with E-state index >= 15 is 0 Å². The van der Waals surface area contributed by atoms with E-state index in [0.29, 0.717) is 10.0 Å². The Kier molecular flexibility index (Phi) is 4.98. The molecule has 0 aliphatic rings. The summed E-state index contributed by atoms with van der Waals surface area (Å²) >= 11 is 11.7. The molecule has 1 rings (SSSR count). The number of benzene rings is 1. The Morgan fingerprint density at radius 1 is 1.40 bits per heavy atom. The Morgan fingerprint density at radius 3 is 2.67 bits per heavy atom. The van der Waals surface area contributed by atoms with Crippen molar-refractivity contribution >= 4 is 23.2 Å². The third-order valence-corrected chi connectivity index (χ3v) is 2.81. The minimum Gasteiger partial charge on any atom is -0.304 e. The Hall–Kier alpha value is -0.680. The molecule has 1 nitrogen and oxygen atoms in total. The number of nitrogens with one attached hydrogen (secondary N) is 1. The molecule has 0 aromatic heterocycles. The number of likely N-dealkylation sites (N-methyl/N-ethyl adjacent to an activating group) is 1. The van der Waals surface area contributed by atoms with Gasteiger partial charge in [0.05, 0.1) is 16.1 Å². The van der Waals surface area contributed by atoms with Gasteiger partial charge in [0.25, 0.3) is 0 Å². The van der Waals surface area contributed by atoms with Crippen molar-refractivity contribution in [3.63, 3.8) is 0 Å². The molecule has 1 unspecified atom stereocenters. The molecule has 0 amide bonds. The van der Waals surface area contributed by atoms with E-state index in [-0.39, 0.29) is 6.04 Å². The standard InChI is InChI=1S/C12H13Cl2N/c1-3-10(15-4-2)7-9-5-6-11(13)12(14)8-9/h1,5-6,8,10,15H,4,7H2,2H3. The van der Waals surface area contributed by atoms with Crippen molar-refractivity contribution in [2.45, 2.75) is 19.4 Å². The van der Waals surface area contributed by atoms with Crippen LogP contribution in [0.5, 0.6) is 0 Å². The molecule has 0 aliphatic heterocycles. The summed E-state index contributed by atoms with van der Waals surface area (Å²) in [5.41, 5.74) is 1.09. The highest BCUT2D eigenvalue weighted by Gasteiger charge is 2.06. The van der Waals surface area contributed by atoms with Gasteiger partial charge in [-0.1, -0.05) is 42.1 Å². The maximum absolute atomic E-state index is 5.91. The molecule has 1 atom stereocenters. The smallest absolute Gasteiger partial charge is 0.0727 e. The van der Waals surface area contributed by atoms with E-state index in [2.05, 4.69) is 11.2 Å². The van der Waals surface area contributed by atoms with E-state index in [0.717, 1.165) is 18.5 Å². The highest BCUT2D eigenvalue weighted by atomic mass is 35.5. The normalized spacial score (nSPS) is 12.1. The largest absolute Gasteiger partial charge is 0.304 e. The first-order chi connectivity index (χ1) is 7.17. The van der Waals surface area contributed by atoms with E-state index in [9.17, 15) is 0 Å². The molecule has 1 aromatic carbocycles. The van der Waals surface area contributed by atoms with E-state index in [1.54, 1.807) is 6.07 Å². The molecule has 0 radical (unpaired) electrons. The van der Waals surface area contributed by atoms with Crippen LogP contribution < -0.4 is 5.32 Å². The van der Waals surface area contributed by atoms with Crippen LogP contribution in [0.4, 0.5) is 0 Å². The van der Waals surface area contributed by atoms with Crippen molar-refractivity contribution in [3.05, 3.63) is 33.8 Å². The highest BCUT2D eigenvalue weighted by Crippen LogP contribution is 2.23. The first-order valence-corrected chi connectivity index (χ1v) is 5.56. The van der Waals surface area contributed by atoms with Gasteiger partial charge in [-0.25, -0.2) is 0 Å². The van der Waals surface area contributed by atoms with Crippen LogP contribution in [0.3, 0.4) is 0 Å². The SMILES string of the molecule is C#CC(Cc1ccc(Cl)c(Cl)c1)NCC. The van der Waals surface area contributed by atoms with Gasteiger partial charge in [0.2, 0.25) is 0 Å². The summed E-state index contributed by atoms with van der Waals surface area (Å²) in [4.78, 5) is 0. The third-order valence-electron chi connectivity index (χ3n) is 2.08. The molecule has 0 heterocycles. The second kappa shape index (κ2) is 6.02. The number of hydrogen-bond acceptors (Lipinski definition) is 1. The summed E-state index contributed by atoms with van der Waals surface area (Å²) in [5, 5.41) is 4.34. The van der Waals surface area contributed by atoms with Crippen molar-refractivity contribution in [2.24, 2.45) is 0 Å². The van der Waals surface area contributed by atoms with Crippen molar-refractivity contribution in [1.29, 1.82) is 0 Å². The van der Waals surface area contributed by atoms with Gasteiger partial charge >= 0.3 is 0 Å². The molecule has 0 fully saturated rings. The third kappa shape index (κ3) is 3.76. The molecule has 3 heteroatoms. The highest BCUT2D eigenvalue weighted by molar-refractivity contribution is 6.42. The van der Waals surface area contributed by atoms with E-state index in [1.807, 2.05) is 19.1 Å². The van der Waals surface area contributed by atoms with Gasteiger partial charge in [-0.3, -0.25) is 0 Å². The fourth-order valence-electron chi connectivity index (χ4n) is 1.34. The average molecular weight is 242 g/mol. The molecular formula is C12H13Cl2N. The molecule has 80 valence electrons. The number of terminal acetylenes is 1. The predicted molar refractivity (Wildman–Crippen MR) is 66.5 cm³/mol. The zero-order valence-corrected chi connectivity index (χ0v) is 10.1. The van der Waals surface area contributed by atoms with Crippen LogP contribution in [0.1, 0.15) is 12.5 Å². The summed E-state index contributed by atoms with van der Waals surface area (Å²) in [5.74, 6) is 2.70. The summed E-state index contributed by atoms with van der Waals surface area (Å²) in [6.07, 6.45) is 6.17.